The minimum Gasteiger partial charge on any atom is -0.497 e. The second-order valence-electron chi connectivity index (χ2n) is 8.50. The van der Waals surface area contributed by atoms with E-state index < -0.39 is 0 Å². The topological polar surface area (TPSA) is 18.5 Å². The zero-order valence-corrected chi connectivity index (χ0v) is 19.2. The molecule has 0 radical (unpaired) electrons. The number of hydrogen-bond acceptors (Lipinski definition) is 2. The molecule has 6 aromatic carbocycles. The van der Waals surface area contributed by atoms with Crippen LogP contribution in [0.15, 0.2) is 109 Å². The quantitative estimate of drug-likeness (QED) is 0.274. The molecule has 0 amide bonds. The van der Waals surface area contributed by atoms with Crippen molar-refractivity contribution in [1.29, 1.82) is 0 Å². The molecule has 6 aromatic rings. The van der Waals surface area contributed by atoms with E-state index in [2.05, 4.69) is 103 Å². The highest BCUT2D eigenvalue weighted by atomic mass is 16.5. The third-order valence-electron chi connectivity index (χ3n) is 6.68. The molecule has 0 saturated carbocycles. The summed E-state index contributed by atoms with van der Waals surface area (Å²) < 4.78 is 11.0. The predicted octanol–water partition coefficient (Wildman–Crippen LogP) is 8.50. The van der Waals surface area contributed by atoms with Gasteiger partial charge in [0.05, 0.1) is 14.2 Å². The Balaban J connectivity index is 1.57. The molecule has 164 valence electrons. The van der Waals surface area contributed by atoms with E-state index in [1.165, 1.54) is 49.2 Å². The molecule has 2 heteroatoms. The molecular formula is C32H24O2. The largest absolute Gasteiger partial charge is 0.497 e. The summed E-state index contributed by atoms with van der Waals surface area (Å²) in [6.07, 6.45) is 0. The monoisotopic (exact) mass is 440 g/mol. The fourth-order valence-electron chi connectivity index (χ4n) is 4.99. The van der Waals surface area contributed by atoms with Gasteiger partial charge >= 0.3 is 0 Å². The first kappa shape index (κ1) is 20.3. The van der Waals surface area contributed by atoms with Crippen molar-refractivity contribution in [3.63, 3.8) is 0 Å². The van der Waals surface area contributed by atoms with Crippen LogP contribution >= 0.6 is 0 Å². The van der Waals surface area contributed by atoms with E-state index in [-0.39, 0.29) is 0 Å². The summed E-state index contributed by atoms with van der Waals surface area (Å²) in [6, 6.07) is 38.7. The maximum absolute atomic E-state index is 5.62. The molecule has 0 fully saturated rings. The summed E-state index contributed by atoms with van der Waals surface area (Å²) in [4.78, 5) is 0. The standard InChI is InChI=1S/C32H24O2/c1-33-24-14-13-21-19-23(12-11-22(21)20-24)25-15-16-29(27-8-4-3-7-26(25)27)30-17-18-32(34-2)31-10-6-5-9-28(30)31/h3-20H,1-2H3. The number of rotatable bonds is 4. The molecule has 0 aromatic heterocycles. The van der Waals surface area contributed by atoms with Crippen LogP contribution in [0, 0.1) is 0 Å². The maximum Gasteiger partial charge on any atom is 0.126 e. The van der Waals surface area contributed by atoms with Crippen LogP contribution in [0.5, 0.6) is 11.5 Å². The van der Waals surface area contributed by atoms with Gasteiger partial charge in [-0.2, -0.15) is 0 Å². The van der Waals surface area contributed by atoms with Crippen molar-refractivity contribution >= 4 is 32.3 Å². The summed E-state index contributed by atoms with van der Waals surface area (Å²) in [6.45, 7) is 0. The fourth-order valence-corrected chi connectivity index (χ4v) is 4.99. The van der Waals surface area contributed by atoms with Crippen LogP contribution in [0.1, 0.15) is 0 Å². The molecule has 0 atom stereocenters. The normalized spacial score (nSPS) is 11.2. The lowest BCUT2D eigenvalue weighted by molar-refractivity contribution is 0.415. The summed E-state index contributed by atoms with van der Waals surface area (Å²) in [5, 5.41) is 7.18. The maximum atomic E-state index is 5.62. The SMILES string of the molecule is COc1ccc2cc(-c3ccc(-c4ccc(OC)c5ccccc45)c4ccccc34)ccc2c1. The van der Waals surface area contributed by atoms with Gasteiger partial charge in [-0.25, -0.2) is 0 Å². The van der Waals surface area contributed by atoms with E-state index in [4.69, 9.17) is 9.47 Å². The predicted molar refractivity (Wildman–Crippen MR) is 143 cm³/mol. The van der Waals surface area contributed by atoms with Gasteiger partial charge in [0.15, 0.2) is 0 Å². The van der Waals surface area contributed by atoms with Gasteiger partial charge in [0.2, 0.25) is 0 Å². The molecule has 0 aliphatic heterocycles. The fraction of sp³-hybridized carbons (Fsp3) is 0.0625. The average Bonchev–Trinajstić information content (AvgIpc) is 2.91. The van der Waals surface area contributed by atoms with Crippen molar-refractivity contribution in [2.75, 3.05) is 14.2 Å². The second kappa shape index (κ2) is 8.24. The minimum atomic E-state index is 0.877. The van der Waals surface area contributed by atoms with Crippen LogP contribution in [0.4, 0.5) is 0 Å². The Kier molecular flexibility index (Phi) is 4.92. The van der Waals surface area contributed by atoms with Crippen molar-refractivity contribution in [3.8, 4) is 33.8 Å². The highest BCUT2D eigenvalue weighted by Crippen LogP contribution is 2.40. The van der Waals surface area contributed by atoms with Gasteiger partial charge < -0.3 is 9.47 Å². The molecule has 34 heavy (non-hydrogen) atoms. The molecule has 0 unspecified atom stereocenters. The van der Waals surface area contributed by atoms with Gasteiger partial charge in [0, 0.05) is 5.39 Å². The van der Waals surface area contributed by atoms with Crippen molar-refractivity contribution in [2.45, 2.75) is 0 Å². The molecular weight excluding hydrogens is 416 g/mol. The molecule has 0 bridgehead atoms. The molecule has 0 heterocycles. The second-order valence-corrected chi connectivity index (χ2v) is 8.50. The number of benzene rings is 6. The molecule has 0 saturated heterocycles. The Morgan fingerprint density at radius 1 is 0.441 bits per heavy atom. The molecule has 0 N–H and O–H groups in total. The number of ether oxygens (including phenoxy) is 2. The van der Waals surface area contributed by atoms with E-state index in [1.54, 1.807) is 14.2 Å². The lowest BCUT2D eigenvalue weighted by Gasteiger charge is -2.15. The van der Waals surface area contributed by atoms with E-state index in [0.717, 1.165) is 16.9 Å². The molecule has 0 spiro atoms. The van der Waals surface area contributed by atoms with Gasteiger partial charge in [-0.15, -0.1) is 0 Å². The lowest BCUT2D eigenvalue weighted by Crippen LogP contribution is -1.90. The first-order valence-corrected chi connectivity index (χ1v) is 11.4. The Hall–Kier alpha value is -4.30. The molecule has 2 nitrogen and oxygen atoms in total. The summed E-state index contributed by atoms with van der Waals surface area (Å²) >= 11 is 0. The molecule has 0 aliphatic carbocycles. The van der Waals surface area contributed by atoms with Crippen LogP contribution < -0.4 is 9.47 Å². The van der Waals surface area contributed by atoms with Crippen LogP contribution in [0.2, 0.25) is 0 Å². The minimum absolute atomic E-state index is 0.877. The van der Waals surface area contributed by atoms with E-state index in [9.17, 15) is 0 Å². The number of hydrogen-bond donors (Lipinski definition) is 0. The van der Waals surface area contributed by atoms with Crippen molar-refractivity contribution in [1.82, 2.24) is 0 Å². The third-order valence-corrected chi connectivity index (χ3v) is 6.68. The number of methoxy groups -OCH3 is 2. The van der Waals surface area contributed by atoms with Crippen LogP contribution in [-0.4, -0.2) is 14.2 Å². The molecule has 6 rings (SSSR count). The van der Waals surface area contributed by atoms with Crippen LogP contribution in [0.25, 0.3) is 54.6 Å². The Bertz CT molecular complexity index is 1680. The van der Waals surface area contributed by atoms with E-state index in [0.29, 0.717) is 0 Å². The average molecular weight is 441 g/mol. The van der Waals surface area contributed by atoms with E-state index >= 15 is 0 Å². The van der Waals surface area contributed by atoms with Gasteiger partial charge in [0.1, 0.15) is 11.5 Å². The highest BCUT2D eigenvalue weighted by molar-refractivity contribution is 6.10. The van der Waals surface area contributed by atoms with Crippen LogP contribution in [-0.2, 0) is 0 Å². The Morgan fingerprint density at radius 2 is 1.00 bits per heavy atom. The first-order valence-electron chi connectivity index (χ1n) is 11.4. The summed E-state index contributed by atoms with van der Waals surface area (Å²) in [5.41, 5.74) is 4.88. The Morgan fingerprint density at radius 3 is 1.71 bits per heavy atom. The van der Waals surface area contributed by atoms with Crippen molar-refractivity contribution < 1.29 is 9.47 Å². The van der Waals surface area contributed by atoms with Crippen molar-refractivity contribution in [3.05, 3.63) is 109 Å². The summed E-state index contributed by atoms with van der Waals surface area (Å²) in [5.74, 6) is 1.77. The zero-order valence-electron chi connectivity index (χ0n) is 19.2. The van der Waals surface area contributed by atoms with Gasteiger partial charge in [-0.3, -0.25) is 0 Å². The Labute approximate surface area is 199 Å². The van der Waals surface area contributed by atoms with Crippen molar-refractivity contribution in [2.24, 2.45) is 0 Å². The summed E-state index contributed by atoms with van der Waals surface area (Å²) in [7, 11) is 3.43. The highest BCUT2D eigenvalue weighted by Gasteiger charge is 2.13. The van der Waals surface area contributed by atoms with Gasteiger partial charge in [0.25, 0.3) is 0 Å². The smallest absolute Gasteiger partial charge is 0.126 e. The number of fused-ring (bicyclic) bond motifs is 3. The first-order chi connectivity index (χ1) is 16.8. The van der Waals surface area contributed by atoms with Crippen LogP contribution in [0.3, 0.4) is 0 Å². The zero-order chi connectivity index (χ0) is 23.1. The van der Waals surface area contributed by atoms with Gasteiger partial charge in [-0.1, -0.05) is 84.9 Å². The van der Waals surface area contributed by atoms with E-state index in [1.807, 2.05) is 6.07 Å². The molecule has 0 aliphatic rings. The third kappa shape index (κ3) is 3.27. The lowest BCUT2D eigenvalue weighted by atomic mass is 9.89. The van der Waals surface area contributed by atoms with Gasteiger partial charge in [-0.05, 0) is 73.5 Å².